The Kier molecular flexibility index (Phi) is 4.71. The summed E-state index contributed by atoms with van der Waals surface area (Å²) >= 11 is 0. The van der Waals surface area contributed by atoms with Gasteiger partial charge in [0.25, 0.3) is 0 Å². The highest BCUT2D eigenvalue weighted by atomic mass is 16.1. The van der Waals surface area contributed by atoms with Gasteiger partial charge in [-0.2, -0.15) is 0 Å². The fraction of sp³-hybridized carbons (Fsp3) is 0.263. The molecule has 1 amide bonds. The first-order valence-electron chi connectivity index (χ1n) is 7.97. The van der Waals surface area contributed by atoms with Crippen molar-refractivity contribution >= 4 is 16.9 Å². The molecule has 0 saturated heterocycles. The number of nitrogens with zero attached hydrogens (tertiary/aromatic N) is 1. The van der Waals surface area contributed by atoms with Crippen LogP contribution < -0.4 is 5.32 Å². The van der Waals surface area contributed by atoms with Crippen LogP contribution in [0.3, 0.4) is 0 Å². The molecule has 1 atom stereocenters. The van der Waals surface area contributed by atoms with Gasteiger partial charge in [0, 0.05) is 19.4 Å². The molecule has 0 spiro atoms. The van der Waals surface area contributed by atoms with E-state index in [0.717, 1.165) is 16.9 Å². The monoisotopic (exact) mass is 307 g/mol. The zero-order chi connectivity index (χ0) is 16.1. The van der Waals surface area contributed by atoms with Gasteiger partial charge in [-0.25, -0.2) is 4.98 Å². The predicted octanol–water partition coefficient (Wildman–Crippen LogP) is 3.42. The van der Waals surface area contributed by atoms with E-state index in [0.29, 0.717) is 19.4 Å². The lowest BCUT2D eigenvalue weighted by Gasteiger charge is -2.11. The van der Waals surface area contributed by atoms with E-state index in [4.69, 9.17) is 0 Å². The van der Waals surface area contributed by atoms with Gasteiger partial charge in [0.15, 0.2) is 0 Å². The van der Waals surface area contributed by atoms with Gasteiger partial charge in [-0.05, 0) is 23.6 Å². The number of nitrogens with one attached hydrogen (secondary N) is 2. The standard InChI is InChI=1S/C19H21N3O/c1-14(15-7-3-2-4-8-15)13-19(23)20-12-11-18-21-16-9-5-6-10-17(16)22-18/h2-10,14H,11-13H2,1H3,(H,20,23)(H,21,22). The highest BCUT2D eigenvalue weighted by molar-refractivity contribution is 5.77. The number of benzene rings is 2. The third kappa shape index (κ3) is 3.97. The summed E-state index contributed by atoms with van der Waals surface area (Å²) in [7, 11) is 0. The van der Waals surface area contributed by atoms with Crippen LogP contribution in [0, 0.1) is 0 Å². The Hall–Kier alpha value is -2.62. The van der Waals surface area contributed by atoms with Crippen molar-refractivity contribution < 1.29 is 4.79 Å². The van der Waals surface area contributed by atoms with E-state index in [1.165, 1.54) is 5.56 Å². The normalized spacial score (nSPS) is 12.2. The van der Waals surface area contributed by atoms with E-state index in [-0.39, 0.29) is 11.8 Å². The lowest BCUT2D eigenvalue weighted by Crippen LogP contribution is -2.26. The minimum Gasteiger partial charge on any atom is -0.356 e. The fourth-order valence-electron chi connectivity index (χ4n) is 2.69. The van der Waals surface area contributed by atoms with E-state index < -0.39 is 0 Å². The molecular formula is C19H21N3O. The molecule has 1 unspecified atom stereocenters. The molecule has 0 bridgehead atoms. The number of fused-ring (bicyclic) bond motifs is 1. The summed E-state index contributed by atoms with van der Waals surface area (Å²) in [6, 6.07) is 18.1. The van der Waals surface area contributed by atoms with Gasteiger partial charge in [0.1, 0.15) is 5.82 Å². The van der Waals surface area contributed by atoms with Gasteiger partial charge >= 0.3 is 0 Å². The highest BCUT2D eigenvalue weighted by Crippen LogP contribution is 2.18. The zero-order valence-corrected chi connectivity index (χ0v) is 13.3. The number of carbonyl (C=O) groups excluding carboxylic acids is 1. The van der Waals surface area contributed by atoms with Crippen molar-refractivity contribution in [2.75, 3.05) is 6.54 Å². The molecule has 4 heteroatoms. The first kappa shape index (κ1) is 15.3. The summed E-state index contributed by atoms with van der Waals surface area (Å²) in [5.41, 5.74) is 3.19. The van der Waals surface area contributed by atoms with Crippen LogP contribution in [-0.4, -0.2) is 22.4 Å². The van der Waals surface area contributed by atoms with Crippen molar-refractivity contribution in [1.29, 1.82) is 0 Å². The summed E-state index contributed by atoms with van der Waals surface area (Å²) in [5.74, 6) is 1.21. The number of rotatable bonds is 6. The van der Waals surface area contributed by atoms with E-state index in [1.54, 1.807) is 0 Å². The van der Waals surface area contributed by atoms with Crippen molar-refractivity contribution in [2.24, 2.45) is 0 Å². The number of hydrogen-bond donors (Lipinski definition) is 2. The Bertz CT molecular complexity index is 746. The molecule has 1 aromatic heterocycles. The van der Waals surface area contributed by atoms with Crippen LogP contribution >= 0.6 is 0 Å². The van der Waals surface area contributed by atoms with Crippen LogP contribution in [-0.2, 0) is 11.2 Å². The van der Waals surface area contributed by atoms with Crippen LogP contribution in [0.15, 0.2) is 54.6 Å². The summed E-state index contributed by atoms with van der Waals surface area (Å²) in [6.07, 6.45) is 1.21. The molecule has 0 aliphatic carbocycles. The van der Waals surface area contributed by atoms with Crippen molar-refractivity contribution in [3.05, 3.63) is 66.0 Å². The Labute approximate surface area is 136 Å². The minimum atomic E-state index is 0.0810. The molecule has 3 aromatic rings. The summed E-state index contributed by atoms with van der Waals surface area (Å²) in [6.45, 7) is 2.67. The van der Waals surface area contributed by atoms with Crippen LogP contribution in [0.4, 0.5) is 0 Å². The SMILES string of the molecule is CC(CC(=O)NCCc1nc2ccccc2[nH]1)c1ccccc1. The molecule has 0 aliphatic heterocycles. The number of H-pyrrole nitrogens is 1. The number of aromatic amines is 1. The van der Waals surface area contributed by atoms with Gasteiger partial charge in [0.05, 0.1) is 11.0 Å². The molecule has 0 radical (unpaired) electrons. The predicted molar refractivity (Wildman–Crippen MR) is 92.3 cm³/mol. The second kappa shape index (κ2) is 7.09. The molecule has 2 aromatic carbocycles. The van der Waals surface area contributed by atoms with E-state index >= 15 is 0 Å². The van der Waals surface area contributed by atoms with Gasteiger partial charge in [-0.3, -0.25) is 4.79 Å². The molecule has 1 heterocycles. The van der Waals surface area contributed by atoms with Gasteiger partial charge in [-0.15, -0.1) is 0 Å². The number of carbonyl (C=O) groups is 1. The maximum atomic E-state index is 12.0. The molecule has 2 N–H and O–H groups in total. The van der Waals surface area contributed by atoms with Gasteiger partial charge in [0.2, 0.25) is 5.91 Å². The Morgan fingerprint density at radius 2 is 1.87 bits per heavy atom. The Morgan fingerprint density at radius 1 is 1.13 bits per heavy atom. The third-order valence-corrected chi connectivity index (χ3v) is 3.98. The number of aromatic nitrogens is 2. The lowest BCUT2D eigenvalue weighted by atomic mass is 9.97. The lowest BCUT2D eigenvalue weighted by molar-refractivity contribution is -0.121. The average molecular weight is 307 g/mol. The number of para-hydroxylation sites is 2. The van der Waals surface area contributed by atoms with Crippen molar-refractivity contribution in [2.45, 2.75) is 25.7 Å². The number of amides is 1. The maximum Gasteiger partial charge on any atom is 0.220 e. The molecule has 23 heavy (non-hydrogen) atoms. The molecule has 4 nitrogen and oxygen atoms in total. The summed E-state index contributed by atoms with van der Waals surface area (Å²) < 4.78 is 0. The smallest absolute Gasteiger partial charge is 0.220 e. The van der Waals surface area contributed by atoms with Crippen LogP contribution in [0.1, 0.15) is 30.7 Å². The zero-order valence-electron chi connectivity index (χ0n) is 13.3. The Morgan fingerprint density at radius 3 is 2.65 bits per heavy atom. The summed E-state index contributed by atoms with van der Waals surface area (Å²) in [5, 5.41) is 2.98. The maximum absolute atomic E-state index is 12.0. The topological polar surface area (TPSA) is 57.8 Å². The van der Waals surface area contributed by atoms with Crippen molar-refractivity contribution in [3.63, 3.8) is 0 Å². The molecule has 0 aliphatic rings. The minimum absolute atomic E-state index is 0.0810. The van der Waals surface area contributed by atoms with E-state index in [2.05, 4.69) is 34.3 Å². The molecule has 3 rings (SSSR count). The highest BCUT2D eigenvalue weighted by Gasteiger charge is 2.10. The quantitative estimate of drug-likeness (QED) is 0.733. The van der Waals surface area contributed by atoms with E-state index in [9.17, 15) is 4.79 Å². The molecular weight excluding hydrogens is 286 g/mol. The fourth-order valence-corrected chi connectivity index (χ4v) is 2.69. The van der Waals surface area contributed by atoms with Gasteiger partial charge in [-0.1, -0.05) is 49.4 Å². The number of imidazole rings is 1. The number of hydrogen-bond acceptors (Lipinski definition) is 2. The molecule has 118 valence electrons. The van der Waals surface area contributed by atoms with Crippen molar-refractivity contribution in [3.8, 4) is 0 Å². The van der Waals surface area contributed by atoms with Crippen molar-refractivity contribution in [1.82, 2.24) is 15.3 Å². The first-order chi connectivity index (χ1) is 11.2. The first-order valence-corrected chi connectivity index (χ1v) is 7.97. The third-order valence-electron chi connectivity index (χ3n) is 3.98. The van der Waals surface area contributed by atoms with Crippen LogP contribution in [0.5, 0.6) is 0 Å². The largest absolute Gasteiger partial charge is 0.356 e. The average Bonchev–Trinajstić information content (AvgIpc) is 2.98. The summed E-state index contributed by atoms with van der Waals surface area (Å²) in [4.78, 5) is 19.8. The van der Waals surface area contributed by atoms with E-state index in [1.807, 2.05) is 42.5 Å². The van der Waals surface area contributed by atoms with Crippen LogP contribution in [0.2, 0.25) is 0 Å². The second-order valence-electron chi connectivity index (χ2n) is 5.82. The second-order valence-corrected chi connectivity index (χ2v) is 5.82. The molecule has 0 fully saturated rings. The molecule has 0 saturated carbocycles. The Balaban J connectivity index is 1.47. The van der Waals surface area contributed by atoms with Crippen LogP contribution in [0.25, 0.3) is 11.0 Å². The van der Waals surface area contributed by atoms with Gasteiger partial charge < -0.3 is 10.3 Å².